The molecule has 3 N–H and O–H groups in total. The fourth-order valence-electron chi connectivity index (χ4n) is 1.11. The molecule has 0 heterocycles. The molecule has 0 saturated carbocycles. The second-order valence-corrected chi connectivity index (χ2v) is 5.56. The number of nitrogens with one attached hydrogen (secondary N) is 3. The van der Waals surface area contributed by atoms with Gasteiger partial charge in [-0.25, -0.2) is 10.2 Å². The van der Waals surface area contributed by atoms with Crippen molar-refractivity contribution in [1.82, 2.24) is 10.9 Å². The molecule has 0 aliphatic carbocycles. The van der Waals surface area contributed by atoms with E-state index in [1.54, 1.807) is 45.0 Å². The molecule has 0 aromatic heterocycles. The largest absolute Gasteiger partial charge is 0.443 e. The SMILES string of the molecule is CC(C)(C)OC(=O)NNC(=S)Nc1ccc(Cl)cc1. The molecule has 0 aliphatic rings. The number of rotatable bonds is 1. The van der Waals surface area contributed by atoms with Crippen molar-refractivity contribution in [3.8, 4) is 0 Å². The molecular weight excluding hydrogens is 286 g/mol. The molecule has 0 radical (unpaired) electrons. The molecule has 0 bridgehead atoms. The summed E-state index contributed by atoms with van der Waals surface area (Å²) in [5.74, 6) is 0. The topological polar surface area (TPSA) is 62.4 Å². The van der Waals surface area contributed by atoms with Crippen LogP contribution < -0.4 is 16.2 Å². The van der Waals surface area contributed by atoms with Gasteiger partial charge in [-0.2, -0.15) is 0 Å². The van der Waals surface area contributed by atoms with Crippen LogP contribution in [0.3, 0.4) is 0 Å². The number of benzene rings is 1. The lowest BCUT2D eigenvalue weighted by Crippen LogP contribution is -2.45. The van der Waals surface area contributed by atoms with Gasteiger partial charge in [-0.3, -0.25) is 5.43 Å². The summed E-state index contributed by atoms with van der Waals surface area (Å²) in [4.78, 5) is 11.4. The van der Waals surface area contributed by atoms with E-state index in [9.17, 15) is 4.79 Å². The number of carbonyl (C=O) groups excluding carboxylic acids is 1. The number of amides is 1. The molecule has 19 heavy (non-hydrogen) atoms. The van der Waals surface area contributed by atoms with Gasteiger partial charge in [-0.15, -0.1) is 0 Å². The molecule has 1 aromatic rings. The Hall–Kier alpha value is -1.53. The highest BCUT2D eigenvalue weighted by Crippen LogP contribution is 2.13. The molecule has 0 atom stereocenters. The number of carbonyl (C=O) groups is 1. The Kier molecular flexibility index (Phi) is 5.38. The average molecular weight is 302 g/mol. The second-order valence-electron chi connectivity index (χ2n) is 4.71. The van der Waals surface area contributed by atoms with Gasteiger partial charge in [-0.05, 0) is 57.3 Å². The van der Waals surface area contributed by atoms with Crippen molar-refractivity contribution in [3.63, 3.8) is 0 Å². The summed E-state index contributed by atoms with van der Waals surface area (Å²) in [5.41, 5.74) is 5.06. The van der Waals surface area contributed by atoms with Gasteiger partial charge in [0.15, 0.2) is 5.11 Å². The van der Waals surface area contributed by atoms with Crippen molar-refractivity contribution < 1.29 is 9.53 Å². The quantitative estimate of drug-likeness (QED) is 0.550. The molecule has 0 fully saturated rings. The van der Waals surface area contributed by atoms with E-state index in [0.29, 0.717) is 5.02 Å². The third kappa shape index (κ3) is 6.83. The van der Waals surface area contributed by atoms with Crippen LogP contribution in [0, 0.1) is 0 Å². The molecule has 0 unspecified atom stereocenters. The zero-order chi connectivity index (χ0) is 14.5. The highest BCUT2D eigenvalue weighted by molar-refractivity contribution is 7.80. The van der Waals surface area contributed by atoms with Gasteiger partial charge in [-0.1, -0.05) is 11.6 Å². The van der Waals surface area contributed by atoms with E-state index in [1.807, 2.05) is 0 Å². The number of halogens is 1. The van der Waals surface area contributed by atoms with Crippen LogP contribution in [-0.4, -0.2) is 16.8 Å². The Morgan fingerprint density at radius 3 is 2.32 bits per heavy atom. The Balaban J connectivity index is 2.36. The number of ether oxygens (including phenoxy) is 1. The molecular formula is C12H16ClN3O2S. The van der Waals surface area contributed by atoms with Crippen LogP contribution in [0.15, 0.2) is 24.3 Å². The minimum atomic E-state index is -0.604. The first-order valence-electron chi connectivity index (χ1n) is 5.58. The summed E-state index contributed by atoms with van der Waals surface area (Å²) in [6.45, 7) is 5.32. The van der Waals surface area contributed by atoms with Gasteiger partial charge in [0.25, 0.3) is 0 Å². The molecule has 0 spiro atoms. The predicted molar refractivity (Wildman–Crippen MR) is 80.2 cm³/mol. The van der Waals surface area contributed by atoms with Gasteiger partial charge >= 0.3 is 6.09 Å². The minimum Gasteiger partial charge on any atom is -0.443 e. The lowest BCUT2D eigenvalue weighted by atomic mass is 10.2. The van der Waals surface area contributed by atoms with Gasteiger partial charge in [0.1, 0.15) is 5.60 Å². The minimum absolute atomic E-state index is 0.244. The van der Waals surface area contributed by atoms with Crippen molar-refractivity contribution in [2.45, 2.75) is 26.4 Å². The molecule has 5 nitrogen and oxygen atoms in total. The molecule has 7 heteroatoms. The summed E-state index contributed by atoms with van der Waals surface area (Å²) < 4.78 is 5.04. The maximum Gasteiger partial charge on any atom is 0.426 e. The second kappa shape index (κ2) is 6.58. The zero-order valence-electron chi connectivity index (χ0n) is 10.9. The summed E-state index contributed by atoms with van der Waals surface area (Å²) >= 11 is 10.8. The summed E-state index contributed by atoms with van der Waals surface area (Å²) in [6, 6.07) is 7.00. The van der Waals surface area contributed by atoms with Crippen molar-refractivity contribution in [3.05, 3.63) is 29.3 Å². The van der Waals surface area contributed by atoms with Crippen LogP contribution >= 0.6 is 23.8 Å². The third-order valence-electron chi connectivity index (χ3n) is 1.78. The maximum absolute atomic E-state index is 11.4. The first-order chi connectivity index (χ1) is 8.76. The van der Waals surface area contributed by atoms with Crippen LogP contribution in [0.1, 0.15) is 20.8 Å². The van der Waals surface area contributed by atoms with Gasteiger partial charge in [0, 0.05) is 10.7 Å². The molecule has 0 aliphatic heterocycles. The van der Waals surface area contributed by atoms with Crippen molar-refractivity contribution in [2.24, 2.45) is 0 Å². The third-order valence-corrected chi connectivity index (χ3v) is 2.24. The summed E-state index contributed by atoms with van der Waals surface area (Å²) in [7, 11) is 0. The van der Waals surface area contributed by atoms with E-state index in [0.717, 1.165) is 5.69 Å². The molecule has 1 rings (SSSR count). The van der Waals surface area contributed by atoms with E-state index < -0.39 is 11.7 Å². The number of hydrogen-bond acceptors (Lipinski definition) is 3. The first kappa shape index (κ1) is 15.5. The molecule has 0 saturated heterocycles. The molecule has 1 amide bonds. The van der Waals surface area contributed by atoms with Gasteiger partial charge in [0.2, 0.25) is 0 Å². The van der Waals surface area contributed by atoms with E-state index in [1.165, 1.54) is 0 Å². The lowest BCUT2D eigenvalue weighted by molar-refractivity contribution is 0.0513. The van der Waals surface area contributed by atoms with Crippen LogP contribution in [0.2, 0.25) is 5.02 Å². The number of hydrogen-bond donors (Lipinski definition) is 3. The summed E-state index contributed by atoms with van der Waals surface area (Å²) in [6.07, 6.45) is -0.604. The van der Waals surface area contributed by atoms with Crippen molar-refractivity contribution in [2.75, 3.05) is 5.32 Å². The Labute approximate surface area is 122 Å². The van der Waals surface area contributed by atoms with E-state index in [-0.39, 0.29) is 5.11 Å². The van der Waals surface area contributed by atoms with E-state index in [4.69, 9.17) is 28.6 Å². The van der Waals surface area contributed by atoms with Crippen LogP contribution in [-0.2, 0) is 4.74 Å². The normalized spacial score (nSPS) is 10.5. The van der Waals surface area contributed by atoms with Crippen LogP contribution in [0.5, 0.6) is 0 Å². The van der Waals surface area contributed by atoms with E-state index in [2.05, 4.69) is 16.2 Å². The average Bonchev–Trinajstić information content (AvgIpc) is 2.27. The lowest BCUT2D eigenvalue weighted by Gasteiger charge is -2.20. The molecule has 1 aromatic carbocycles. The predicted octanol–water partition coefficient (Wildman–Crippen LogP) is 3.07. The maximum atomic E-state index is 11.4. The Morgan fingerprint density at radius 1 is 1.21 bits per heavy atom. The van der Waals surface area contributed by atoms with Gasteiger partial charge < -0.3 is 10.1 Å². The Bertz CT molecular complexity index is 457. The monoisotopic (exact) mass is 301 g/mol. The Morgan fingerprint density at radius 2 is 1.79 bits per heavy atom. The first-order valence-corrected chi connectivity index (χ1v) is 6.36. The smallest absolute Gasteiger partial charge is 0.426 e. The fraction of sp³-hybridized carbons (Fsp3) is 0.333. The molecule has 104 valence electrons. The van der Waals surface area contributed by atoms with Crippen LogP contribution in [0.25, 0.3) is 0 Å². The van der Waals surface area contributed by atoms with Gasteiger partial charge in [0.05, 0.1) is 0 Å². The summed E-state index contributed by atoms with van der Waals surface area (Å²) in [5, 5.41) is 3.76. The van der Waals surface area contributed by atoms with Crippen molar-refractivity contribution in [1.29, 1.82) is 0 Å². The highest BCUT2D eigenvalue weighted by Gasteiger charge is 2.15. The standard InChI is InChI=1S/C12H16ClN3O2S/c1-12(2,3)18-11(17)16-15-10(19)14-9-6-4-8(13)5-7-9/h4-7H,1-3H3,(H,16,17)(H2,14,15,19). The number of hydrazine groups is 1. The van der Waals surface area contributed by atoms with E-state index >= 15 is 0 Å². The number of thiocarbonyl (C=S) groups is 1. The number of anilines is 1. The highest BCUT2D eigenvalue weighted by atomic mass is 35.5. The van der Waals surface area contributed by atoms with Crippen LogP contribution in [0.4, 0.5) is 10.5 Å². The van der Waals surface area contributed by atoms with Crippen molar-refractivity contribution >= 4 is 40.7 Å². The fourth-order valence-corrected chi connectivity index (χ4v) is 1.40. The zero-order valence-corrected chi connectivity index (χ0v) is 12.5.